The van der Waals surface area contributed by atoms with E-state index in [-0.39, 0.29) is 35.8 Å². The van der Waals surface area contributed by atoms with Crippen molar-refractivity contribution in [3.8, 4) is 0 Å². The van der Waals surface area contributed by atoms with E-state index in [1.807, 2.05) is 45.2 Å². The fourth-order valence-electron chi connectivity index (χ4n) is 4.18. The van der Waals surface area contributed by atoms with Crippen molar-refractivity contribution >= 4 is 40.0 Å². The first-order valence-corrected chi connectivity index (χ1v) is 11.5. The fraction of sp³-hybridized carbons (Fsp3) is 0.650. The zero-order chi connectivity index (χ0) is 19.5. The molecule has 158 valence electrons. The smallest absolute Gasteiger partial charge is 0.216 e. The van der Waals surface area contributed by atoms with Crippen LogP contribution in [-0.2, 0) is 22.3 Å². The average Bonchev–Trinajstić information content (AvgIpc) is 3.01. The van der Waals surface area contributed by atoms with Crippen molar-refractivity contribution in [2.45, 2.75) is 57.9 Å². The van der Waals surface area contributed by atoms with Crippen molar-refractivity contribution in [1.29, 1.82) is 0 Å². The van der Waals surface area contributed by atoms with Gasteiger partial charge in [0.25, 0.3) is 0 Å². The lowest BCUT2D eigenvalue weighted by Gasteiger charge is -2.38. The van der Waals surface area contributed by atoms with Gasteiger partial charge in [-0.05, 0) is 49.7 Å². The Balaban J connectivity index is 0.00000280. The fourth-order valence-corrected chi connectivity index (χ4v) is 5.68. The molecule has 1 aliphatic heterocycles. The molecule has 0 atom stereocenters. The number of aliphatic imine (C=N–C) groups is 1. The van der Waals surface area contributed by atoms with Crippen LogP contribution in [0.4, 0.5) is 0 Å². The molecule has 0 bridgehead atoms. The van der Waals surface area contributed by atoms with E-state index in [0.717, 1.165) is 30.2 Å². The summed E-state index contributed by atoms with van der Waals surface area (Å²) in [6.07, 6.45) is 5.28. The minimum absolute atomic E-state index is 0. The lowest BCUT2D eigenvalue weighted by Crippen LogP contribution is -2.42. The zero-order valence-electron chi connectivity index (χ0n) is 17.1. The van der Waals surface area contributed by atoms with E-state index < -0.39 is 10.0 Å². The Labute approximate surface area is 186 Å². The molecule has 0 unspecified atom stereocenters. The van der Waals surface area contributed by atoms with Crippen molar-refractivity contribution in [2.75, 3.05) is 20.1 Å². The van der Waals surface area contributed by atoms with E-state index in [9.17, 15) is 8.42 Å². The molecular formula is C20H33IN4O2S. The number of halogens is 1. The summed E-state index contributed by atoms with van der Waals surface area (Å²) < 4.78 is 27.3. The summed E-state index contributed by atoms with van der Waals surface area (Å²) in [4.78, 5) is 6.80. The molecule has 0 amide bonds. The van der Waals surface area contributed by atoms with Crippen LogP contribution in [-0.4, -0.2) is 45.5 Å². The molecule has 1 saturated carbocycles. The van der Waals surface area contributed by atoms with Gasteiger partial charge in [-0.2, -0.15) is 0 Å². The molecule has 2 aliphatic rings. The van der Waals surface area contributed by atoms with Gasteiger partial charge in [0.15, 0.2) is 5.96 Å². The van der Waals surface area contributed by atoms with Gasteiger partial charge in [0.05, 0.1) is 5.75 Å². The van der Waals surface area contributed by atoms with Crippen LogP contribution in [0.1, 0.15) is 50.7 Å². The third-order valence-corrected chi connectivity index (χ3v) is 7.20. The minimum atomic E-state index is -3.35. The van der Waals surface area contributed by atoms with Crippen molar-refractivity contribution in [2.24, 2.45) is 10.4 Å². The summed E-state index contributed by atoms with van der Waals surface area (Å²) in [7, 11) is -1.53. The number of likely N-dealkylation sites (tertiary alicyclic amines) is 1. The van der Waals surface area contributed by atoms with Crippen LogP contribution in [0, 0.1) is 5.41 Å². The Bertz CT molecular complexity index is 791. The second-order valence-corrected chi connectivity index (χ2v) is 9.98. The van der Waals surface area contributed by atoms with Gasteiger partial charge in [-0.3, -0.25) is 4.99 Å². The Morgan fingerprint density at radius 3 is 2.43 bits per heavy atom. The Morgan fingerprint density at radius 2 is 1.89 bits per heavy atom. The first-order chi connectivity index (χ1) is 12.8. The molecule has 1 aromatic rings. The molecule has 1 aromatic carbocycles. The maximum Gasteiger partial charge on any atom is 0.216 e. The summed E-state index contributed by atoms with van der Waals surface area (Å²) in [5.41, 5.74) is 2.34. The quantitative estimate of drug-likeness (QED) is 0.344. The first-order valence-electron chi connectivity index (χ1n) is 9.85. The van der Waals surface area contributed by atoms with Gasteiger partial charge in [0, 0.05) is 32.7 Å². The Kier molecular flexibility index (Phi) is 8.16. The van der Waals surface area contributed by atoms with Gasteiger partial charge in [-0.25, -0.2) is 13.1 Å². The lowest BCUT2D eigenvalue weighted by molar-refractivity contribution is 0.151. The molecule has 1 saturated heterocycles. The largest absolute Gasteiger partial charge is 0.352 e. The maximum atomic E-state index is 12.3. The number of guanidine groups is 1. The van der Waals surface area contributed by atoms with Gasteiger partial charge in [0.2, 0.25) is 10.0 Å². The summed E-state index contributed by atoms with van der Waals surface area (Å²) in [5, 5.41) is 3.44. The lowest BCUT2D eigenvalue weighted by atomic mass is 9.68. The molecule has 2 fully saturated rings. The molecular weight excluding hydrogens is 487 g/mol. The summed E-state index contributed by atoms with van der Waals surface area (Å²) in [6, 6.07) is 7.61. The van der Waals surface area contributed by atoms with Crippen molar-refractivity contribution in [3.63, 3.8) is 0 Å². The van der Waals surface area contributed by atoms with E-state index in [4.69, 9.17) is 0 Å². The van der Waals surface area contributed by atoms with Crippen LogP contribution in [0.5, 0.6) is 0 Å². The third kappa shape index (κ3) is 5.82. The van der Waals surface area contributed by atoms with Crippen molar-refractivity contribution < 1.29 is 8.42 Å². The molecule has 8 heteroatoms. The van der Waals surface area contributed by atoms with Gasteiger partial charge in [-0.1, -0.05) is 30.7 Å². The van der Waals surface area contributed by atoms with Crippen molar-refractivity contribution in [3.05, 3.63) is 35.4 Å². The van der Waals surface area contributed by atoms with E-state index in [1.54, 1.807) is 0 Å². The Hall–Kier alpha value is -0.870. The molecule has 2 N–H and O–H groups in total. The van der Waals surface area contributed by atoms with Crippen LogP contribution >= 0.6 is 24.0 Å². The van der Waals surface area contributed by atoms with Gasteiger partial charge >= 0.3 is 0 Å². The van der Waals surface area contributed by atoms with E-state index in [2.05, 4.69) is 19.9 Å². The minimum Gasteiger partial charge on any atom is -0.352 e. The SMILES string of the molecule is CN=C(NCc1ccccc1CS(=O)(=O)NC(C)C)N1CCC2(CCC2)C1.I. The van der Waals surface area contributed by atoms with Gasteiger partial charge < -0.3 is 10.2 Å². The molecule has 1 aliphatic carbocycles. The summed E-state index contributed by atoms with van der Waals surface area (Å²) in [6.45, 7) is 6.37. The molecule has 1 spiro atoms. The van der Waals surface area contributed by atoms with E-state index in [0.29, 0.717) is 12.0 Å². The monoisotopic (exact) mass is 520 g/mol. The number of hydrogen-bond acceptors (Lipinski definition) is 3. The molecule has 0 radical (unpaired) electrons. The number of sulfonamides is 1. The number of nitrogens with one attached hydrogen (secondary N) is 2. The predicted molar refractivity (Wildman–Crippen MR) is 125 cm³/mol. The summed E-state index contributed by atoms with van der Waals surface area (Å²) >= 11 is 0. The third-order valence-electron chi connectivity index (χ3n) is 5.68. The van der Waals surface area contributed by atoms with Crippen LogP contribution in [0.15, 0.2) is 29.3 Å². The topological polar surface area (TPSA) is 73.8 Å². The highest BCUT2D eigenvalue weighted by atomic mass is 127. The first kappa shape index (κ1) is 23.4. The second kappa shape index (κ2) is 9.75. The highest BCUT2D eigenvalue weighted by Gasteiger charge is 2.43. The average molecular weight is 520 g/mol. The highest BCUT2D eigenvalue weighted by molar-refractivity contribution is 14.0. The number of hydrogen-bond donors (Lipinski definition) is 2. The molecule has 0 aromatic heterocycles. The second-order valence-electron chi connectivity index (χ2n) is 8.23. The van der Waals surface area contributed by atoms with Gasteiger partial charge in [-0.15, -0.1) is 24.0 Å². The maximum absolute atomic E-state index is 12.3. The van der Waals surface area contributed by atoms with Crippen LogP contribution in [0.25, 0.3) is 0 Å². The number of nitrogens with zero attached hydrogens (tertiary/aromatic N) is 2. The Morgan fingerprint density at radius 1 is 1.21 bits per heavy atom. The van der Waals surface area contributed by atoms with E-state index in [1.165, 1.54) is 25.7 Å². The number of rotatable bonds is 6. The van der Waals surface area contributed by atoms with Crippen LogP contribution < -0.4 is 10.0 Å². The molecule has 3 rings (SSSR count). The number of benzene rings is 1. The predicted octanol–water partition coefficient (Wildman–Crippen LogP) is 3.08. The van der Waals surface area contributed by atoms with Crippen LogP contribution in [0.2, 0.25) is 0 Å². The van der Waals surface area contributed by atoms with Crippen LogP contribution in [0.3, 0.4) is 0 Å². The molecule has 28 heavy (non-hydrogen) atoms. The van der Waals surface area contributed by atoms with E-state index >= 15 is 0 Å². The molecule has 6 nitrogen and oxygen atoms in total. The highest BCUT2D eigenvalue weighted by Crippen LogP contribution is 2.47. The summed E-state index contributed by atoms with van der Waals surface area (Å²) in [5.74, 6) is 0.908. The van der Waals surface area contributed by atoms with Crippen molar-refractivity contribution in [1.82, 2.24) is 14.9 Å². The zero-order valence-corrected chi connectivity index (χ0v) is 20.2. The molecule has 1 heterocycles. The standard InChI is InChI=1S/C20H32N4O2S.HI/c1-16(2)23-27(25,26)14-18-8-5-4-7-17(18)13-22-19(21-3)24-12-11-20(15-24)9-6-10-20;/h4-5,7-8,16,23H,6,9-15H2,1-3H3,(H,21,22);1H. The normalized spacial score (nSPS) is 18.9. The van der Waals surface area contributed by atoms with Gasteiger partial charge in [0.1, 0.15) is 0 Å².